The summed E-state index contributed by atoms with van der Waals surface area (Å²) in [5.41, 5.74) is 5.69. The number of hydrogen-bond acceptors (Lipinski definition) is 3. The van der Waals surface area contributed by atoms with E-state index in [1.165, 1.54) is 0 Å². The van der Waals surface area contributed by atoms with Crippen LogP contribution in [0.1, 0.15) is 26.7 Å². The van der Waals surface area contributed by atoms with Crippen LogP contribution in [0.4, 0.5) is 4.79 Å². The fourth-order valence-electron chi connectivity index (χ4n) is 2.88. The first-order valence-corrected chi connectivity index (χ1v) is 6.30. The van der Waals surface area contributed by atoms with E-state index in [0.717, 1.165) is 32.5 Å². The average Bonchev–Trinajstić information content (AvgIpc) is 2.43. The van der Waals surface area contributed by atoms with Crippen LogP contribution in [-0.4, -0.2) is 53.9 Å². The minimum Gasteiger partial charge on any atom is -0.385 e. The summed E-state index contributed by atoms with van der Waals surface area (Å²) in [6, 6.07) is -0.161. The van der Waals surface area contributed by atoms with Crippen LogP contribution in [0.5, 0.6) is 0 Å². The highest BCUT2D eigenvalue weighted by atomic mass is 16.2. The fourth-order valence-corrected chi connectivity index (χ4v) is 2.88. The average molecular weight is 238 g/mol. The highest BCUT2D eigenvalue weighted by molar-refractivity contribution is 6.06. The molecule has 0 aromatic carbocycles. The zero-order chi connectivity index (χ0) is 12.6. The molecule has 2 aliphatic rings. The maximum Gasteiger partial charge on any atom is 0.346 e. The highest BCUT2D eigenvalue weighted by Gasteiger charge is 2.49. The van der Waals surface area contributed by atoms with Gasteiger partial charge in [-0.3, -0.25) is 0 Å². The summed E-state index contributed by atoms with van der Waals surface area (Å²) in [7, 11) is 2.07. The zero-order valence-electron chi connectivity index (χ0n) is 10.9. The Morgan fingerprint density at radius 3 is 2.82 bits per heavy atom. The van der Waals surface area contributed by atoms with Crippen LogP contribution in [-0.2, 0) is 0 Å². The van der Waals surface area contributed by atoms with Crippen molar-refractivity contribution >= 4 is 11.9 Å². The highest BCUT2D eigenvalue weighted by Crippen LogP contribution is 2.32. The molecular weight excluding hydrogens is 216 g/mol. The Kier molecular flexibility index (Phi) is 3.12. The molecule has 96 valence electrons. The van der Waals surface area contributed by atoms with Crippen molar-refractivity contribution in [1.82, 2.24) is 9.80 Å². The largest absolute Gasteiger partial charge is 0.385 e. The molecule has 17 heavy (non-hydrogen) atoms. The normalized spacial score (nSPS) is 30.5. The van der Waals surface area contributed by atoms with E-state index in [0.29, 0.717) is 11.8 Å². The molecule has 0 aliphatic carbocycles. The van der Waals surface area contributed by atoms with Crippen molar-refractivity contribution in [2.75, 3.05) is 26.7 Å². The van der Waals surface area contributed by atoms with E-state index in [-0.39, 0.29) is 11.6 Å². The number of amidine groups is 1. The Labute approximate surface area is 103 Å². The molecule has 0 bridgehead atoms. The number of carbonyl (C=O) groups is 1. The number of rotatable bonds is 2. The van der Waals surface area contributed by atoms with E-state index >= 15 is 0 Å². The molecule has 1 saturated heterocycles. The molecule has 0 radical (unpaired) electrons. The summed E-state index contributed by atoms with van der Waals surface area (Å²) >= 11 is 0. The summed E-state index contributed by atoms with van der Waals surface area (Å²) in [5, 5.41) is 0. The fraction of sp³-hybridized carbons (Fsp3) is 0.833. The van der Waals surface area contributed by atoms with Crippen LogP contribution in [0.2, 0.25) is 0 Å². The number of aliphatic imine (C=N–C) groups is 1. The molecule has 1 unspecified atom stereocenters. The third-order valence-electron chi connectivity index (χ3n) is 3.65. The zero-order valence-corrected chi connectivity index (χ0v) is 10.9. The van der Waals surface area contributed by atoms with Gasteiger partial charge in [0.15, 0.2) is 0 Å². The van der Waals surface area contributed by atoms with Crippen LogP contribution in [0, 0.1) is 5.92 Å². The summed E-state index contributed by atoms with van der Waals surface area (Å²) in [6.45, 7) is 6.83. The van der Waals surface area contributed by atoms with Crippen LogP contribution in [0.25, 0.3) is 0 Å². The number of nitrogens with zero attached hydrogens (tertiary/aromatic N) is 3. The molecule has 2 amide bonds. The molecule has 1 spiro atoms. The van der Waals surface area contributed by atoms with E-state index in [1.807, 2.05) is 4.90 Å². The first-order valence-electron chi connectivity index (χ1n) is 6.30. The third kappa shape index (κ3) is 2.04. The first kappa shape index (κ1) is 12.4. The summed E-state index contributed by atoms with van der Waals surface area (Å²) in [5.74, 6) is 0.943. The van der Waals surface area contributed by atoms with Gasteiger partial charge in [-0.05, 0) is 32.4 Å². The number of urea groups is 1. The maximum absolute atomic E-state index is 11.9. The Morgan fingerprint density at radius 1 is 1.53 bits per heavy atom. The molecule has 2 rings (SSSR count). The second-order valence-electron chi connectivity index (χ2n) is 5.66. The van der Waals surface area contributed by atoms with E-state index in [1.54, 1.807) is 0 Å². The van der Waals surface area contributed by atoms with E-state index in [4.69, 9.17) is 5.73 Å². The lowest BCUT2D eigenvalue weighted by atomic mass is 9.86. The third-order valence-corrected chi connectivity index (χ3v) is 3.65. The lowest BCUT2D eigenvalue weighted by Gasteiger charge is -2.44. The van der Waals surface area contributed by atoms with Gasteiger partial charge in [0.25, 0.3) is 0 Å². The van der Waals surface area contributed by atoms with E-state index in [2.05, 4.69) is 30.8 Å². The number of likely N-dealkylation sites (tertiary alicyclic amines) is 1. The lowest BCUT2D eigenvalue weighted by Crippen LogP contribution is -2.62. The SMILES string of the molecule is CC(C)CN1C(=O)N=C(N)C12CCCN(C)C2. The molecule has 2 N–H and O–H groups in total. The summed E-state index contributed by atoms with van der Waals surface area (Å²) < 4.78 is 0. The van der Waals surface area contributed by atoms with Crippen molar-refractivity contribution in [3.8, 4) is 0 Å². The van der Waals surface area contributed by atoms with Crippen molar-refractivity contribution in [3.05, 3.63) is 0 Å². The number of likely N-dealkylation sites (N-methyl/N-ethyl adjacent to an activating group) is 1. The number of amides is 2. The van der Waals surface area contributed by atoms with Gasteiger partial charge in [-0.1, -0.05) is 13.8 Å². The molecule has 1 atom stereocenters. The molecule has 2 heterocycles. The van der Waals surface area contributed by atoms with Crippen LogP contribution < -0.4 is 5.73 Å². The smallest absolute Gasteiger partial charge is 0.346 e. The molecule has 2 aliphatic heterocycles. The number of piperidine rings is 1. The number of hydrogen-bond donors (Lipinski definition) is 1. The molecule has 0 aromatic rings. The van der Waals surface area contributed by atoms with Crippen molar-refractivity contribution in [2.45, 2.75) is 32.2 Å². The van der Waals surface area contributed by atoms with Gasteiger partial charge in [0.2, 0.25) is 0 Å². The topological polar surface area (TPSA) is 61.9 Å². The lowest BCUT2D eigenvalue weighted by molar-refractivity contribution is 0.0961. The van der Waals surface area contributed by atoms with Gasteiger partial charge in [-0.15, -0.1) is 0 Å². The summed E-state index contributed by atoms with van der Waals surface area (Å²) in [4.78, 5) is 20.0. The van der Waals surface area contributed by atoms with Crippen LogP contribution in [0.15, 0.2) is 4.99 Å². The monoisotopic (exact) mass is 238 g/mol. The van der Waals surface area contributed by atoms with Gasteiger partial charge in [0.05, 0.1) is 0 Å². The van der Waals surface area contributed by atoms with Crippen molar-refractivity contribution in [3.63, 3.8) is 0 Å². The van der Waals surface area contributed by atoms with Gasteiger partial charge in [-0.25, -0.2) is 4.79 Å². The van der Waals surface area contributed by atoms with Gasteiger partial charge in [0, 0.05) is 13.1 Å². The molecule has 5 nitrogen and oxygen atoms in total. The minimum atomic E-state index is -0.339. The number of nitrogens with two attached hydrogens (primary N) is 1. The molecule has 0 saturated carbocycles. The predicted molar refractivity (Wildman–Crippen MR) is 68.0 cm³/mol. The van der Waals surface area contributed by atoms with Crippen molar-refractivity contribution in [1.29, 1.82) is 0 Å². The quantitative estimate of drug-likeness (QED) is 0.777. The predicted octanol–water partition coefficient (Wildman–Crippen LogP) is 0.900. The Balaban J connectivity index is 2.27. The summed E-state index contributed by atoms with van der Waals surface area (Å²) in [6.07, 6.45) is 2.00. The van der Waals surface area contributed by atoms with Gasteiger partial charge in [-0.2, -0.15) is 4.99 Å². The second-order valence-corrected chi connectivity index (χ2v) is 5.66. The standard InChI is InChI=1S/C12H22N4O/c1-9(2)7-16-11(17)14-10(13)12(16)5-4-6-15(3)8-12/h9H,4-8H2,1-3H3,(H2,13,14,17). The molecule has 5 heteroatoms. The second kappa shape index (κ2) is 4.29. The molecule has 1 fully saturated rings. The van der Waals surface area contributed by atoms with Crippen LogP contribution >= 0.6 is 0 Å². The van der Waals surface area contributed by atoms with Gasteiger partial charge >= 0.3 is 6.03 Å². The van der Waals surface area contributed by atoms with E-state index < -0.39 is 0 Å². The van der Waals surface area contributed by atoms with Gasteiger partial charge in [0.1, 0.15) is 11.4 Å². The molecular formula is C12H22N4O. The Hall–Kier alpha value is -1.10. The molecule has 0 aromatic heterocycles. The Bertz CT molecular complexity index is 352. The number of carbonyl (C=O) groups excluding carboxylic acids is 1. The van der Waals surface area contributed by atoms with Gasteiger partial charge < -0.3 is 15.5 Å². The van der Waals surface area contributed by atoms with Crippen LogP contribution in [0.3, 0.4) is 0 Å². The van der Waals surface area contributed by atoms with E-state index in [9.17, 15) is 4.79 Å². The van der Waals surface area contributed by atoms with Crippen molar-refractivity contribution in [2.24, 2.45) is 16.6 Å². The Morgan fingerprint density at radius 2 is 2.24 bits per heavy atom. The maximum atomic E-state index is 11.9. The first-order chi connectivity index (χ1) is 7.95. The minimum absolute atomic E-state index is 0.161. The van der Waals surface area contributed by atoms with Crippen molar-refractivity contribution < 1.29 is 4.79 Å².